The molecule has 0 amide bonds. The van der Waals surface area contributed by atoms with Crippen molar-refractivity contribution < 1.29 is 0 Å². The standard InChI is InChI=1S/C3HCl2N3O/c4-2-1(9)3(5)7-8-6-2/h(H,8,9). The van der Waals surface area contributed by atoms with Crippen LogP contribution in [0.4, 0.5) is 0 Å². The molecule has 0 unspecified atom stereocenters. The van der Waals surface area contributed by atoms with Crippen LogP contribution in [0.5, 0.6) is 0 Å². The largest absolute Gasteiger partial charge is 0.283 e. The molecule has 0 fully saturated rings. The molecule has 0 aliphatic heterocycles. The van der Waals surface area contributed by atoms with Crippen LogP contribution in [0.15, 0.2) is 4.79 Å². The smallest absolute Gasteiger partial charge is 0.256 e. The van der Waals surface area contributed by atoms with Crippen molar-refractivity contribution in [3.63, 3.8) is 0 Å². The Bertz CT molecular complexity index is 247. The minimum Gasteiger partial charge on any atom is -0.283 e. The highest BCUT2D eigenvalue weighted by Gasteiger charge is 2.00. The van der Waals surface area contributed by atoms with Crippen LogP contribution in [0, 0.1) is 0 Å². The summed E-state index contributed by atoms with van der Waals surface area (Å²) < 4.78 is 0. The molecule has 1 rings (SSSR count). The van der Waals surface area contributed by atoms with E-state index < -0.39 is 5.43 Å². The first kappa shape index (κ1) is 6.51. The fourth-order valence-electron chi connectivity index (χ4n) is 0.299. The average Bonchev–Trinajstić information content (AvgIpc) is 1.83. The number of halogens is 2. The van der Waals surface area contributed by atoms with Gasteiger partial charge in [0.1, 0.15) is 0 Å². The van der Waals surface area contributed by atoms with Crippen molar-refractivity contribution in [2.45, 2.75) is 0 Å². The molecule has 0 spiro atoms. The maximum absolute atomic E-state index is 10.6. The van der Waals surface area contributed by atoms with E-state index in [9.17, 15) is 4.79 Å². The van der Waals surface area contributed by atoms with Gasteiger partial charge < -0.3 is 0 Å². The van der Waals surface area contributed by atoms with E-state index in [4.69, 9.17) is 23.2 Å². The Hall–Kier alpha value is -0.610. The summed E-state index contributed by atoms with van der Waals surface area (Å²) in [4.78, 5) is 10.6. The lowest BCUT2D eigenvalue weighted by Crippen LogP contribution is -2.07. The van der Waals surface area contributed by atoms with E-state index in [2.05, 4.69) is 15.4 Å². The van der Waals surface area contributed by atoms with Crippen molar-refractivity contribution in [2.75, 3.05) is 0 Å². The summed E-state index contributed by atoms with van der Waals surface area (Å²) >= 11 is 10.5. The molecule has 48 valence electrons. The topological polar surface area (TPSA) is 58.6 Å². The molecule has 6 heteroatoms. The highest BCUT2D eigenvalue weighted by Crippen LogP contribution is 1.96. The van der Waals surface area contributed by atoms with E-state index in [1.807, 2.05) is 0 Å². The number of hydrogen-bond donors (Lipinski definition) is 1. The Balaban J connectivity index is 3.43. The number of hydrogen-bond acceptors (Lipinski definition) is 3. The molecule has 4 nitrogen and oxygen atoms in total. The lowest BCUT2D eigenvalue weighted by Gasteiger charge is -1.85. The molecule has 0 aromatic carbocycles. The minimum absolute atomic E-state index is 0.199. The summed E-state index contributed by atoms with van der Waals surface area (Å²) in [6.45, 7) is 0. The van der Waals surface area contributed by atoms with Gasteiger partial charge in [-0.2, -0.15) is 5.21 Å². The quantitative estimate of drug-likeness (QED) is 0.609. The summed E-state index contributed by atoms with van der Waals surface area (Å²) in [6, 6.07) is 0. The zero-order valence-electron chi connectivity index (χ0n) is 4.06. The van der Waals surface area contributed by atoms with E-state index in [0.717, 1.165) is 0 Å². The Labute approximate surface area is 59.8 Å². The van der Waals surface area contributed by atoms with Gasteiger partial charge in [-0.1, -0.05) is 23.2 Å². The van der Waals surface area contributed by atoms with Crippen LogP contribution in [-0.2, 0) is 0 Å². The molecule has 0 radical (unpaired) electrons. The van der Waals surface area contributed by atoms with Gasteiger partial charge in [-0.15, -0.1) is 10.2 Å². The normalized spacial score (nSPS) is 9.56. The molecular formula is C3HCl2N3O. The molecular weight excluding hydrogens is 165 g/mol. The van der Waals surface area contributed by atoms with Gasteiger partial charge in [0, 0.05) is 0 Å². The number of aromatic nitrogens is 3. The summed E-state index contributed by atoms with van der Waals surface area (Å²) in [6.07, 6.45) is 0. The number of H-pyrrole nitrogens is 1. The fourth-order valence-corrected chi connectivity index (χ4v) is 0.602. The molecule has 0 aliphatic carbocycles. The molecule has 0 atom stereocenters. The third-order valence-corrected chi connectivity index (χ3v) is 1.18. The van der Waals surface area contributed by atoms with E-state index in [-0.39, 0.29) is 10.3 Å². The first-order valence-corrected chi connectivity index (χ1v) is 2.73. The van der Waals surface area contributed by atoms with Crippen LogP contribution < -0.4 is 5.43 Å². The highest BCUT2D eigenvalue weighted by molar-refractivity contribution is 6.32. The number of aromatic amines is 1. The Morgan fingerprint density at radius 2 is 1.67 bits per heavy atom. The van der Waals surface area contributed by atoms with Crippen molar-refractivity contribution in [3.8, 4) is 0 Å². The van der Waals surface area contributed by atoms with Gasteiger partial charge in [0.25, 0.3) is 5.43 Å². The molecule has 0 bridgehead atoms. The molecule has 1 N–H and O–H groups in total. The van der Waals surface area contributed by atoms with Crippen LogP contribution in [-0.4, -0.2) is 15.4 Å². The molecule has 0 saturated carbocycles. The van der Waals surface area contributed by atoms with Gasteiger partial charge in [-0.3, -0.25) is 4.79 Å². The van der Waals surface area contributed by atoms with Crippen LogP contribution >= 0.6 is 23.2 Å². The van der Waals surface area contributed by atoms with Gasteiger partial charge in [0.05, 0.1) is 0 Å². The summed E-state index contributed by atoms with van der Waals surface area (Å²) in [5.74, 6) is 0. The summed E-state index contributed by atoms with van der Waals surface area (Å²) in [7, 11) is 0. The molecule has 0 saturated heterocycles. The second kappa shape index (κ2) is 2.33. The second-order valence-electron chi connectivity index (χ2n) is 1.23. The van der Waals surface area contributed by atoms with E-state index >= 15 is 0 Å². The molecule has 0 aliphatic rings. The summed E-state index contributed by atoms with van der Waals surface area (Å²) in [5, 5.41) is 8.25. The highest BCUT2D eigenvalue weighted by atomic mass is 35.5. The number of nitrogens with one attached hydrogen (secondary N) is 1. The van der Waals surface area contributed by atoms with Crippen LogP contribution in [0.25, 0.3) is 0 Å². The average molecular weight is 166 g/mol. The Morgan fingerprint density at radius 3 is 2.00 bits per heavy atom. The monoisotopic (exact) mass is 165 g/mol. The van der Waals surface area contributed by atoms with Crippen LogP contribution in [0.2, 0.25) is 10.3 Å². The fraction of sp³-hybridized carbons (Fsp3) is 0. The lowest BCUT2D eigenvalue weighted by molar-refractivity contribution is 0.855. The molecule has 1 aromatic heterocycles. The number of rotatable bonds is 0. The maximum atomic E-state index is 10.6. The minimum atomic E-state index is -0.558. The third kappa shape index (κ3) is 1.20. The third-order valence-electron chi connectivity index (χ3n) is 0.671. The SMILES string of the molecule is O=c1c(Cl)n[nH]nc1Cl. The van der Waals surface area contributed by atoms with E-state index in [0.29, 0.717) is 0 Å². The molecule has 9 heavy (non-hydrogen) atoms. The zero-order chi connectivity index (χ0) is 6.85. The van der Waals surface area contributed by atoms with Gasteiger partial charge >= 0.3 is 0 Å². The van der Waals surface area contributed by atoms with E-state index in [1.165, 1.54) is 0 Å². The lowest BCUT2D eigenvalue weighted by atomic mass is 10.7. The van der Waals surface area contributed by atoms with Gasteiger partial charge in [0.2, 0.25) is 10.3 Å². The number of nitrogens with zero attached hydrogens (tertiary/aromatic N) is 2. The predicted octanol–water partition coefficient (Wildman–Crippen LogP) is 0.472. The van der Waals surface area contributed by atoms with E-state index in [1.54, 1.807) is 0 Å². The second-order valence-corrected chi connectivity index (χ2v) is 1.95. The van der Waals surface area contributed by atoms with Gasteiger partial charge in [-0.05, 0) is 0 Å². The zero-order valence-corrected chi connectivity index (χ0v) is 5.57. The van der Waals surface area contributed by atoms with Crippen LogP contribution in [0.1, 0.15) is 0 Å². The Kier molecular flexibility index (Phi) is 1.68. The first-order valence-electron chi connectivity index (χ1n) is 1.98. The van der Waals surface area contributed by atoms with Gasteiger partial charge in [0.15, 0.2) is 0 Å². The van der Waals surface area contributed by atoms with Crippen molar-refractivity contribution in [2.24, 2.45) is 0 Å². The first-order chi connectivity index (χ1) is 4.22. The van der Waals surface area contributed by atoms with Crippen molar-refractivity contribution in [1.82, 2.24) is 15.4 Å². The van der Waals surface area contributed by atoms with Crippen LogP contribution in [0.3, 0.4) is 0 Å². The maximum Gasteiger partial charge on any atom is 0.256 e. The molecule has 1 heterocycles. The predicted molar refractivity (Wildman–Crippen MR) is 32.7 cm³/mol. The van der Waals surface area contributed by atoms with Crippen molar-refractivity contribution in [3.05, 3.63) is 20.5 Å². The van der Waals surface area contributed by atoms with Crippen molar-refractivity contribution in [1.29, 1.82) is 0 Å². The summed E-state index contributed by atoms with van der Waals surface area (Å²) in [5.41, 5.74) is -0.558. The van der Waals surface area contributed by atoms with Gasteiger partial charge in [-0.25, -0.2) is 0 Å². The van der Waals surface area contributed by atoms with Crippen molar-refractivity contribution >= 4 is 23.2 Å². The Morgan fingerprint density at radius 1 is 1.22 bits per heavy atom. The molecule has 1 aromatic rings.